The smallest absolute Gasteiger partial charge is 0.0562 e. The van der Waals surface area contributed by atoms with Gasteiger partial charge in [0.25, 0.3) is 0 Å². The van der Waals surface area contributed by atoms with Crippen molar-refractivity contribution in [2.24, 2.45) is 5.73 Å². The van der Waals surface area contributed by atoms with Crippen LogP contribution in [-0.4, -0.2) is 0 Å². The molecule has 3 heteroatoms. The largest absolute Gasteiger partial charge is 0.320 e. The van der Waals surface area contributed by atoms with Crippen molar-refractivity contribution in [3.63, 3.8) is 0 Å². The van der Waals surface area contributed by atoms with Gasteiger partial charge in [-0.25, -0.2) is 0 Å². The van der Waals surface area contributed by atoms with E-state index in [0.29, 0.717) is 0 Å². The molecule has 0 amide bonds. The molecule has 1 nitrogen and oxygen atoms in total. The molecule has 0 aromatic heterocycles. The first kappa shape index (κ1) is 17.0. The number of halogens is 2. The minimum absolute atomic E-state index is 0.0896. The first-order chi connectivity index (χ1) is 9.85. The van der Waals surface area contributed by atoms with E-state index in [0.717, 1.165) is 22.0 Å². The van der Waals surface area contributed by atoms with Gasteiger partial charge in [0.2, 0.25) is 0 Å². The van der Waals surface area contributed by atoms with Gasteiger partial charge in [-0.05, 0) is 69.3 Å². The third kappa shape index (κ3) is 3.88. The topological polar surface area (TPSA) is 26.0 Å². The van der Waals surface area contributed by atoms with Crippen molar-refractivity contribution in [3.8, 4) is 0 Å². The van der Waals surface area contributed by atoms with Crippen LogP contribution in [0.3, 0.4) is 0 Å². The first-order valence-corrected chi connectivity index (χ1v) is 9.03. The molecule has 0 radical (unpaired) electrons. The van der Waals surface area contributed by atoms with Crippen LogP contribution in [-0.2, 0) is 5.41 Å². The van der Waals surface area contributed by atoms with Crippen LogP contribution >= 0.6 is 38.5 Å². The molecule has 112 valence electrons. The zero-order valence-electron chi connectivity index (χ0n) is 12.7. The summed E-state index contributed by atoms with van der Waals surface area (Å²) in [5.74, 6) is 0. The number of nitrogens with two attached hydrogens (primary N) is 1. The lowest BCUT2D eigenvalue weighted by Crippen LogP contribution is -2.17. The lowest BCUT2D eigenvalue weighted by molar-refractivity contribution is 0.506. The predicted molar refractivity (Wildman–Crippen MR) is 103 cm³/mol. The summed E-state index contributed by atoms with van der Waals surface area (Å²) >= 11 is 5.87. The molecule has 1 atom stereocenters. The monoisotopic (exact) mass is 457 g/mol. The third-order valence-electron chi connectivity index (χ3n) is 4.23. The Morgan fingerprint density at radius 1 is 1.14 bits per heavy atom. The highest BCUT2D eigenvalue weighted by Crippen LogP contribution is 2.30. The summed E-state index contributed by atoms with van der Waals surface area (Å²) in [5, 5.41) is 0. The van der Waals surface area contributed by atoms with Crippen molar-refractivity contribution in [2.45, 2.75) is 38.6 Å². The fourth-order valence-electron chi connectivity index (χ4n) is 2.28. The summed E-state index contributed by atoms with van der Waals surface area (Å²) in [6.07, 6.45) is 1.13. The second-order valence-electron chi connectivity index (χ2n) is 6.00. The molecule has 0 heterocycles. The van der Waals surface area contributed by atoms with Gasteiger partial charge >= 0.3 is 0 Å². The molecule has 2 aromatic rings. The summed E-state index contributed by atoms with van der Waals surface area (Å²) in [5.41, 5.74) is 10.3. The van der Waals surface area contributed by atoms with E-state index in [1.807, 2.05) is 6.07 Å². The number of rotatable bonds is 4. The van der Waals surface area contributed by atoms with Gasteiger partial charge in [0.05, 0.1) is 6.04 Å². The summed E-state index contributed by atoms with van der Waals surface area (Å²) in [6.45, 7) is 6.78. The molecule has 21 heavy (non-hydrogen) atoms. The average molecular weight is 458 g/mol. The summed E-state index contributed by atoms with van der Waals surface area (Å²) in [6, 6.07) is 14.9. The Balaban J connectivity index is 2.32. The van der Waals surface area contributed by atoms with E-state index < -0.39 is 0 Å². The molecule has 0 bridgehead atoms. The molecular formula is C18H21BrIN. The Bertz CT molecular complexity index is 620. The first-order valence-electron chi connectivity index (χ1n) is 7.16. The van der Waals surface area contributed by atoms with E-state index in [1.54, 1.807) is 0 Å². The Morgan fingerprint density at radius 2 is 1.76 bits per heavy atom. The minimum atomic E-state index is -0.0896. The van der Waals surface area contributed by atoms with Crippen LogP contribution in [0.2, 0.25) is 0 Å². The molecule has 1 unspecified atom stereocenters. The number of hydrogen-bond donors (Lipinski definition) is 1. The SMILES string of the molecule is CCC(C)(C)c1ccc(C(N)c2cc(Br)ccc2I)cc1. The standard InChI is InChI=1S/C18H21BrIN/c1-4-18(2,3)13-7-5-12(6-8-13)17(21)15-11-14(19)9-10-16(15)20/h5-11,17H,4,21H2,1-3H3. The molecule has 0 spiro atoms. The van der Waals surface area contributed by atoms with E-state index in [2.05, 4.69) is 95.7 Å². The van der Waals surface area contributed by atoms with E-state index in [4.69, 9.17) is 5.73 Å². The van der Waals surface area contributed by atoms with Crippen LogP contribution in [0.1, 0.15) is 49.9 Å². The maximum Gasteiger partial charge on any atom is 0.0562 e. The van der Waals surface area contributed by atoms with Crippen molar-refractivity contribution in [1.82, 2.24) is 0 Å². The lowest BCUT2D eigenvalue weighted by atomic mass is 9.81. The van der Waals surface area contributed by atoms with Crippen molar-refractivity contribution in [3.05, 3.63) is 67.2 Å². The highest BCUT2D eigenvalue weighted by molar-refractivity contribution is 14.1. The Labute approximate surface area is 149 Å². The highest BCUT2D eigenvalue weighted by atomic mass is 127. The zero-order chi connectivity index (χ0) is 15.6. The highest BCUT2D eigenvalue weighted by Gasteiger charge is 2.19. The van der Waals surface area contributed by atoms with Gasteiger partial charge in [-0.3, -0.25) is 0 Å². The maximum atomic E-state index is 6.45. The molecule has 0 aliphatic rings. The van der Waals surface area contributed by atoms with Crippen LogP contribution in [0.25, 0.3) is 0 Å². The molecule has 0 aliphatic heterocycles. The molecular weight excluding hydrogens is 437 g/mol. The van der Waals surface area contributed by atoms with E-state index in [1.165, 1.54) is 9.13 Å². The van der Waals surface area contributed by atoms with Gasteiger partial charge in [0.15, 0.2) is 0 Å². The van der Waals surface area contributed by atoms with Gasteiger partial charge in [0.1, 0.15) is 0 Å². The van der Waals surface area contributed by atoms with Crippen LogP contribution in [0.4, 0.5) is 0 Å². The Morgan fingerprint density at radius 3 is 2.33 bits per heavy atom. The van der Waals surface area contributed by atoms with Crippen LogP contribution < -0.4 is 5.73 Å². The Kier molecular flexibility index (Phi) is 5.49. The molecule has 0 aliphatic carbocycles. The van der Waals surface area contributed by atoms with Crippen LogP contribution in [0.5, 0.6) is 0 Å². The summed E-state index contributed by atoms with van der Waals surface area (Å²) in [7, 11) is 0. The van der Waals surface area contributed by atoms with E-state index in [9.17, 15) is 0 Å². The quantitative estimate of drug-likeness (QED) is 0.577. The normalized spacial score (nSPS) is 13.2. The van der Waals surface area contributed by atoms with Crippen molar-refractivity contribution >= 4 is 38.5 Å². The van der Waals surface area contributed by atoms with Crippen molar-refractivity contribution in [2.75, 3.05) is 0 Å². The van der Waals surface area contributed by atoms with E-state index >= 15 is 0 Å². The number of benzene rings is 2. The fourth-order valence-corrected chi connectivity index (χ4v) is 3.33. The second kappa shape index (κ2) is 6.80. The molecule has 2 aromatic carbocycles. The zero-order valence-corrected chi connectivity index (χ0v) is 16.4. The minimum Gasteiger partial charge on any atom is -0.320 e. The van der Waals surface area contributed by atoms with Gasteiger partial charge in [-0.15, -0.1) is 0 Å². The molecule has 0 saturated heterocycles. The van der Waals surface area contributed by atoms with Gasteiger partial charge in [-0.1, -0.05) is 61.0 Å². The fraction of sp³-hybridized carbons (Fsp3) is 0.333. The third-order valence-corrected chi connectivity index (χ3v) is 5.70. The molecule has 0 fully saturated rings. The van der Waals surface area contributed by atoms with Gasteiger partial charge < -0.3 is 5.73 Å². The second-order valence-corrected chi connectivity index (χ2v) is 8.08. The van der Waals surface area contributed by atoms with Gasteiger partial charge in [0, 0.05) is 8.04 Å². The number of hydrogen-bond acceptors (Lipinski definition) is 1. The molecule has 0 saturated carbocycles. The van der Waals surface area contributed by atoms with Crippen LogP contribution in [0.15, 0.2) is 46.9 Å². The molecule has 2 rings (SSSR count). The molecule has 2 N–H and O–H groups in total. The van der Waals surface area contributed by atoms with Crippen molar-refractivity contribution < 1.29 is 0 Å². The van der Waals surface area contributed by atoms with Gasteiger partial charge in [-0.2, -0.15) is 0 Å². The Hall–Kier alpha value is -0.390. The lowest BCUT2D eigenvalue weighted by Gasteiger charge is -2.24. The predicted octanol–water partition coefficient (Wildman–Crippen LogP) is 5.79. The van der Waals surface area contributed by atoms with Crippen LogP contribution in [0, 0.1) is 3.57 Å². The van der Waals surface area contributed by atoms with Crippen molar-refractivity contribution in [1.29, 1.82) is 0 Å². The average Bonchev–Trinajstić information content (AvgIpc) is 2.49. The summed E-state index contributed by atoms with van der Waals surface area (Å²) < 4.78 is 2.26. The maximum absolute atomic E-state index is 6.45. The summed E-state index contributed by atoms with van der Waals surface area (Å²) in [4.78, 5) is 0. The van der Waals surface area contributed by atoms with E-state index in [-0.39, 0.29) is 11.5 Å².